The molecule has 1 aromatic carbocycles. The molecule has 1 N–H and O–H groups in total. The second-order valence-corrected chi connectivity index (χ2v) is 8.20. The molecule has 0 saturated carbocycles. The van der Waals surface area contributed by atoms with Crippen molar-refractivity contribution in [3.63, 3.8) is 0 Å². The maximum atomic E-state index is 12.9. The Morgan fingerprint density at radius 3 is 2.49 bits per heavy atom. The van der Waals surface area contributed by atoms with E-state index in [1.165, 1.54) is 12.1 Å². The number of allylic oxidation sites excluding steroid dienone is 1. The Hall–Kier alpha value is -4.28. The summed E-state index contributed by atoms with van der Waals surface area (Å²) in [5.41, 5.74) is 0.976. The summed E-state index contributed by atoms with van der Waals surface area (Å²) in [6.45, 7) is 4.55. The Morgan fingerprint density at radius 2 is 1.80 bits per heavy atom. The van der Waals surface area contributed by atoms with Gasteiger partial charge in [-0.25, -0.2) is 4.98 Å². The number of carbonyl (C=O) groups excluding carboxylic acids is 3. The van der Waals surface area contributed by atoms with Gasteiger partial charge in [0.15, 0.2) is 0 Å². The summed E-state index contributed by atoms with van der Waals surface area (Å²) in [6, 6.07) is 6.68. The minimum absolute atomic E-state index is 0.0920. The highest BCUT2D eigenvalue weighted by atomic mass is 16.6. The fraction of sp³-hybridized carbons (Fsp3) is 0.333. The van der Waals surface area contributed by atoms with E-state index in [1.807, 2.05) is 0 Å². The zero-order chi connectivity index (χ0) is 24.9. The van der Waals surface area contributed by atoms with Crippen LogP contribution in [0.15, 0.2) is 48.8 Å². The largest absolute Gasteiger partial charge is 0.494 e. The number of imide groups is 1. The van der Waals surface area contributed by atoms with Crippen LogP contribution in [-0.4, -0.2) is 51.8 Å². The zero-order valence-electron chi connectivity index (χ0n) is 18.9. The van der Waals surface area contributed by atoms with Crippen LogP contribution in [0.3, 0.4) is 0 Å². The van der Waals surface area contributed by atoms with E-state index in [4.69, 9.17) is 9.47 Å². The van der Waals surface area contributed by atoms with Gasteiger partial charge in [0.1, 0.15) is 18.0 Å². The van der Waals surface area contributed by atoms with E-state index in [2.05, 4.69) is 16.9 Å². The molecule has 1 saturated heterocycles. The van der Waals surface area contributed by atoms with E-state index in [9.17, 15) is 24.5 Å². The summed E-state index contributed by atoms with van der Waals surface area (Å²) >= 11 is 0. The molecular weight excluding hydrogens is 456 g/mol. The van der Waals surface area contributed by atoms with Gasteiger partial charge in [-0.2, -0.15) is 0 Å². The molecule has 1 unspecified atom stereocenters. The number of pyridine rings is 1. The molecule has 35 heavy (non-hydrogen) atoms. The Bertz CT molecular complexity index is 1180. The summed E-state index contributed by atoms with van der Waals surface area (Å²) in [4.78, 5) is 53.0. The summed E-state index contributed by atoms with van der Waals surface area (Å²) in [6.07, 6.45) is 4.30. The lowest BCUT2D eigenvalue weighted by molar-refractivity contribution is -0.385. The quantitative estimate of drug-likeness (QED) is 0.237. The van der Waals surface area contributed by atoms with Crippen LogP contribution in [0.4, 0.5) is 5.69 Å². The Balaban J connectivity index is 1.22. The number of nitrogens with zero attached hydrogens (tertiary/aromatic N) is 3. The lowest BCUT2D eigenvalue weighted by Crippen LogP contribution is -2.51. The standard InChI is InChI=1S/C24H24N4O7/c1-15-5-9-20(22(29)26-15)27-23(30)18-8-7-17(13-19(18)24(27)31)34-11-3-2-4-12-35-21-10-6-16(14-25-21)28(32)33/h6-8,10,13-14,20H,1-5,9,11-12H2,(H,26,29). The van der Waals surface area contributed by atoms with Crippen LogP contribution in [0, 0.1) is 10.1 Å². The van der Waals surface area contributed by atoms with Crippen molar-refractivity contribution >= 4 is 23.4 Å². The summed E-state index contributed by atoms with van der Waals surface area (Å²) in [5.74, 6) is -0.583. The SMILES string of the molecule is C=C1CCC(N2C(=O)c3ccc(OCCCCCOc4ccc([N+](=O)[O-])cn4)cc3C2=O)C(=O)N1. The normalized spacial score (nSPS) is 17.3. The van der Waals surface area contributed by atoms with Crippen LogP contribution in [0.5, 0.6) is 11.6 Å². The van der Waals surface area contributed by atoms with Gasteiger partial charge in [0.25, 0.3) is 17.5 Å². The lowest BCUT2D eigenvalue weighted by atomic mass is 10.0. The van der Waals surface area contributed by atoms with Crippen molar-refractivity contribution in [3.05, 3.63) is 70.0 Å². The number of unbranched alkanes of at least 4 members (excludes halogenated alkanes) is 2. The first-order chi connectivity index (χ1) is 16.8. The Labute approximate surface area is 200 Å². The van der Waals surface area contributed by atoms with Crippen LogP contribution in [0.2, 0.25) is 0 Å². The molecule has 1 aromatic heterocycles. The molecular formula is C24H24N4O7. The number of nitro groups is 1. The van der Waals surface area contributed by atoms with Crippen molar-refractivity contribution in [2.45, 2.75) is 38.1 Å². The maximum Gasteiger partial charge on any atom is 0.287 e. The molecule has 0 radical (unpaired) electrons. The fourth-order valence-corrected chi connectivity index (χ4v) is 3.93. The van der Waals surface area contributed by atoms with Crippen LogP contribution in [-0.2, 0) is 4.79 Å². The zero-order valence-corrected chi connectivity index (χ0v) is 18.9. The van der Waals surface area contributed by atoms with Gasteiger partial charge in [-0.3, -0.25) is 29.4 Å². The first-order valence-electron chi connectivity index (χ1n) is 11.2. The van der Waals surface area contributed by atoms with Gasteiger partial charge < -0.3 is 14.8 Å². The molecule has 11 nitrogen and oxygen atoms in total. The van der Waals surface area contributed by atoms with Crippen molar-refractivity contribution in [1.29, 1.82) is 0 Å². The first kappa shape index (κ1) is 23.9. The third kappa shape index (κ3) is 5.29. The van der Waals surface area contributed by atoms with Crippen molar-refractivity contribution < 1.29 is 28.8 Å². The van der Waals surface area contributed by atoms with Crippen LogP contribution in [0.1, 0.15) is 52.8 Å². The van der Waals surface area contributed by atoms with Crippen molar-refractivity contribution in [2.24, 2.45) is 0 Å². The second-order valence-electron chi connectivity index (χ2n) is 8.20. The topological polar surface area (TPSA) is 141 Å². The number of hydrogen-bond acceptors (Lipinski definition) is 8. The molecule has 182 valence electrons. The second kappa shape index (κ2) is 10.3. The summed E-state index contributed by atoms with van der Waals surface area (Å²) < 4.78 is 11.2. The highest BCUT2D eigenvalue weighted by Crippen LogP contribution is 2.31. The molecule has 11 heteroatoms. The number of hydrogen-bond donors (Lipinski definition) is 1. The number of piperidine rings is 1. The molecule has 0 aliphatic carbocycles. The third-order valence-electron chi connectivity index (χ3n) is 5.76. The number of nitrogens with one attached hydrogen (secondary N) is 1. The van der Waals surface area contributed by atoms with Gasteiger partial charge in [0, 0.05) is 17.8 Å². The predicted molar refractivity (Wildman–Crippen MR) is 123 cm³/mol. The average molecular weight is 480 g/mol. The number of carbonyl (C=O) groups is 3. The van der Waals surface area contributed by atoms with Crippen molar-refractivity contribution in [2.75, 3.05) is 13.2 Å². The maximum absolute atomic E-state index is 12.9. The molecule has 1 fully saturated rings. The molecule has 3 amide bonds. The number of amides is 3. The molecule has 0 bridgehead atoms. The molecule has 0 spiro atoms. The number of ether oxygens (including phenoxy) is 2. The fourth-order valence-electron chi connectivity index (χ4n) is 3.93. The van der Waals surface area contributed by atoms with Crippen molar-refractivity contribution in [3.8, 4) is 11.6 Å². The Kier molecular flexibility index (Phi) is 7.04. The average Bonchev–Trinajstić information content (AvgIpc) is 3.08. The lowest BCUT2D eigenvalue weighted by Gasteiger charge is -2.29. The number of fused-ring (bicyclic) bond motifs is 1. The van der Waals surface area contributed by atoms with Gasteiger partial charge in [0.2, 0.25) is 11.8 Å². The van der Waals surface area contributed by atoms with E-state index < -0.39 is 28.7 Å². The highest BCUT2D eigenvalue weighted by molar-refractivity contribution is 6.23. The predicted octanol–water partition coefficient (Wildman–Crippen LogP) is 3.01. The monoisotopic (exact) mass is 480 g/mol. The summed E-state index contributed by atoms with van der Waals surface area (Å²) in [5, 5.41) is 13.2. The van der Waals surface area contributed by atoms with E-state index >= 15 is 0 Å². The van der Waals surface area contributed by atoms with E-state index in [1.54, 1.807) is 18.2 Å². The van der Waals surface area contributed by atoms with Gasteiger partial charge in [-0.15, -0.1) is 0 Å². The van der Waals surface area contributed by atoms with Crippen molar-refractivity contribution in [1.82, 2.24) is 15.2 Å². The third-order valence-corrected chi connectivity index (χ3v) is 5.76. The van der Waals surface area contributed by atoms with Crippen LogP contribution < -0.4 is 14.8 Å². The van der Waals surface area contributed by atoms with Gasteiger partial charge in [0.05, 0.1) is 29.3 Å². The molecule has 2 aliphatic rings. The molecule has 1 atom stereocenters. The minimum atomic E-state index is -0.847. The molecule has 2 aromatic rings. The van der Waals surface area contributed by atoms with Gasteiger partial charge in [-0.05, 0) is 50.3 Å². The first-order valence-corrected chi connectivity index (χ1v) is 11.2. The van der Waals surface area contributed by atoms with E-state index in [0.29, 0.717) is 43.4 Å². The van der Waals surface area contributed by atoms with E-state index in [-0.39, 0.29) is 16.8 Å². The summed E-state index contributed by atoms with van der Waals surface area (Å²) in [7, 11) is 0. The Morgan fingerprint density at radius 1 is 1.06 bits per heavy atom. The molecule has 3 heterocycles. The van der Waals surface area contributed by atoms with Crippen LogP contribution >= 0.6 is 0 Å². The van der Waals surface area contributed by atoms with Gasteiger partial charge in [-0.1, -0.05) is 6.58 Å². The smallest absolute Gasteiger partial charge is 0.287 e. The van der Waals surface area contributed by atoms with Gasteiger partial charge >= 0.3 is 0 Å². The van der Waals surface area contributed by atoms with Crippen LogP contribution in [0.25, 0.3) is 0 Å². The van der Waals surface area contributed by atoms with E-state index in [0.717, 1.165) is 30.4 Å². The number of rotatable bonds is 10. The highest BCUT2D eigenvalue weighted by Gasteiger charge is 2.44. The number of benzene rings is 1. The molecule has 4 rings (SSSR count). The number of aromatic nitrogens is 1. The molecule has 2 aliphatic heterocycles. The minimum Gasteiger partial charge on any atom is -0.494 e.